The predicted octanol–water partition coefficient (Wildman–Crippen LogP) is 1.75. The van der Waals surface area contributed by atoms with E-state index < -0.39 is 5.92 Å². The van der Waals surface area contributed by atoms with Gasteiger partial charge < -0.3 is 23.8 Å². The van der Waals surface area contributed by atoms with Crippen molar-refractivity contribution in [1.29, 1.82) is 0 Å². The first-order valence-electron chi connectivity index (χ1n) is 8.22. The monoisotopic (exact) mass is 353 g/mol. The van der Waals surface area contributed by atoms with Gasteiger partial charge in [0.1, 0.15) is 11.5 Å². The highest BCUT2D eigenvalue weighted by Gasteiger charge is 2.21. The minimum atomic E-state index is -0.420. The lowest BCUT2D eigenvalue weighted by atomic mass is 10.1. The highest BCUT2D eigenvalue weighted by molar-refractivity contribution is 5.79. The summed E-state index contributed by atoms with van der Waals surface area (Å²) in [6.07, 6.45) is 0. The molecule has 1 rings (SSSR count). The summed E-state index contributed by atoms with van der Waals surface area (Å²) >= 11 is 0. The van der Waals surface area contributed by atoms with Crippen LogP contribution in [-0.4, -0.2) is 63.9 Å². The molecular weight excluding hydrogens is 326 g/mol. The summed E-state index contributed by atoms with van der Waals surface area (Å²) in [5.41, 5.74) is 0. The number of amides is 1. The van der Waals surface area contributed by atoms with Gasteiger partial charge in [-0.3, -0.25) is 9.59 Å². The van der Waals surface area contributed by atoms with Crippen molar-refractivity contribution in [2.24, 2.45) is 5.92 Å². The van der Waals surface area contributed by atoms with Crippen molar-refractivity contribution in [2.45, 2.75) is 13.8 Å². The van der Waals surface area contributed by atoms with E-state index in [9.17, 15) is 9.59 Å². The van der Waals surface area contributed by atoms with Crippen LogP contribution < -0.4 is 9.47 Å². The lowest BCUT2D eigenvalue weighted by Crippen LogP contribution is -2.41. The molecule has 140 valence electrons. The Morgan fingerprint density at radius 1 is 1.08 bits per heavy atom. The molecule has 0 aliphatic heterocycles. The summed E-state index contributed by atoms with van der Waals surface area (Å²) in [6, 6.07) is 7.06. The van der Waals surface area contributed by atoms with Crippen LogP contribution in [-0.2, 0) is 19.1 Å². The summed E-state index contributed by atoms with van der Waals surface area (Å²) < 4.78 is 20.6. The van der Waals surface area contributed by atoms with Crippen molar-refractivity contribution in [3.05, 3.63) is 24.3 Å². The molecular formula is C18H27NO6. The average molecular weight is 353 g/mol. The van der Waals surface area contributed by atoms with Crippen LogP contribution in [0.15, 0.2) is 24.3 Å². The molecule has 0 aromatic heterocycles. The van der Waals surface area contributed by atoms with E-state index in [1.54, 1.807) is 43.2 Å². The molecule has 0 N–H and O–H groups in total. The number of rotatable bonds is 11. The largest absolute Gasteiger partial charge is 0.494 e. The van der Waals surface area contributed by atoms with Gasteiger partial charge in [-0.05, 0) is 31.2 Å². The smallest absolute Gasteiger partial charge is 0.310 e. The van der Waals surface area contributed by atoms with Crippen LogP contribution in [0.3, 0.4) is 0 Å². The molecule has 0 radical (unpaired) electrons. The Hall–Kier alpha value is -2.28. The zero-order chi connectivity index (χ0) is 18.7. The zero-order valence-corrected chi connectivity index (χ0v) is 15.3. The minimum absolute atomic E-state index is 0.119. The lowest BCUT2D eigenvalue weighted by molar-refractivity contribution is -0.146. The number of esters is 1. The third-order valence-corrected chi connectivity index (χ3v) is 3.51. The fourth-order valence-electron chi connectivity index (χ4n) is 2.16. The number of carbonyl (C=O) groups is 2. The molecule has 7 nitrogen and oxygen atoms in total. The third kappa shape index (κ3) is 7.43. The first-order chi connectivity index (χ1) is 12.0. The number of ether oxygens (including phenoxy) is 4. The molecule has 0 bridgehead atoms. The standard InChI is InChI=1S/C18H27NO6/c1-5-24-15-6-8-16(9-7-15)25-13-17(20)19(10-11-22-3)12-14(2)18(21)23-4/h6-9,14H,5,10-13H2,1-4H3. The maximum atomic E-state index is 12.4. The van der Waals surface area contributed by atoms with E-state index in [1.165, 1.54) is 7.11 Å². The number of hydrogen-bond acceptors (Lipinski definition) is 6. The van der Waals surface area contributed by atoms with E-state index in [4.69, 9.17) is 18.9 Å². The highest BCUT2D eigenvalue weighted by Crippen LogP contribution is 2.17. The van der Waals surface area contributed by atoms with Crippen molar-refractivity contribution in [3.8, 4) is 11.5 Å². The van der Waals surface area contributed by atoms with E-state index in [0.29, 0.717) is 25.5 Å². The van der Waals surface area contributed by atoms with Gasteiger partial charge in [0, 0.05) is 20.2 Å². The van der Waals surface area contributed by atoms with E-state index in [2.05, 4.69) is 0 Å². The van der Waals surface area contributed by atoms with Gasteiger partial charge in [0.2, 0.25) is 0 Å². The van der Waals surface area contributed by atoms with Crippen LogP contribution in [0.4, 0.5) is 0 Å². The van der Waals surface area contributed by atoms with Gasteiger partial charge >= 0.3 is 5.97 Å². The van der Waals surface area contributed by atoms with Gasteiger partial charge in [-0.1, -0.05) is 6.92 Å². The summed E-state index contributed by atoms with van der Waals surface area (Å²) in [5, 5.41) is 0. The van der Waals surface area contributed by atoms with Crippen molar-refractivity contribution < 1.29 is 28.5 Å². The Balaban J connectivity index is 2.59. The maximum absolute atomic E-state index is 12.4. The molecule has 1 aromatic carbocycles. The second-order valence-corrected chi connectivity index (χ2v) is 5.45. The van der Waals surface area contributed by atoms with E-state index >= 15 is 0 Å². The Morgan fingerprint density at radius 2 is 1.68 bits per heavy atom. The molecule has 0 saturated carbocycles. The van der Waals surface area contributed by atoms with Crippen LogP contribution in [0.2, 0.25) is 0 Å². The van der Waals surface area contributed by atoms with E-state index in [-0.39, 0.29) is 25.0 Å². The van der Waals surface area contributed by atoms with Gasteiger partial charge in [0.25, 0.3) is 5.91 Å². The molecule has 1 unspecified atom stereocenters. The SMILES string of the molecule is CCOc1ccc(OCC(=O)N(CCOC)CC(C)C(=O)OC)cc1. The Bertz CT molecular complexity index is 531. The number of methoxy groups -OCH3 is 2. The normalized spacial score (nSPS) is 11.5. The van der Waals surface area contributed by atoms with Crippen LogP contribution in [0, 0.1) is 5.92 Å². The molecule has 0 aliphatic rings. The molecule has 0 fully saturated rings. The molecule has 0 saturated heterocycles. The van der Waals surface area contributed by atoms with E-state index in [1.807, 2.05) is 6.92 Å². The van der Waals surface area contributed by atoms with Crippen molar-refractivity contribution in [3.63, 3.8) is 0 Å². The summed E-state index contributed by atoms with van der Waals surface area (Å²) in [7, 11) is 2.89. The van der Waals surface area contributed by atoms with Gasteiger partial charge in [0.15, 0.2) is 6.61 Å². The summed E-state index contributed by atoms with van der Waals surface area (Å²) in [6.45, 7) is 5.10. The Labute approximate surface area is 148 Å². The van der Waals surface area contributed by atoms with Gasteiger partial charge in [-0.15, -0.1) is 0 Å². The van der Waals surface area contributed by atoms with E-state index in [0.717, 1.165) is 5.75 Å². The molecule has 0 aliphatic carbocycles. The van der Waals surface area contributed by atoms with Gasteiger partial charge in [0.05, 0.1) is 26.2 Å². The fraction of sp³-hybridized carbons (Fsp3) is 0.556. The van der Waals surface area contributed by atoms with Crippen molar-refractivity contribution in [1.82, 2.24) is 4.90 Å². The molecule has 1 aromatic rings. The quantitative estimate of drug-likeness (QED) is 0.564. The zero-order valence-electron chi connectivity index (χ0n) is 15.3. The van der Waals surface area contributed by atoms with Crippen LogP contribution in [0.5, 0.6) is 11.5 Å². The maximum Gasteiger partial charge on any atom is 0.310 e. The average Bonchev–Trinajstić information content (AvgIpc) is 2.63. The van der Waals surface area contributed by atoms with Gasteiger partial charge in [-0.25, -0.2) is 0 Å². The first-order valence-corrected chi connectivity index (χ1v) is 8.22. The molecule has 1 atom stereocenters. The predicted molar refractivity (Wildman–Crippen MR) is 92.7 cm³/mol. The highest BCUT2D eigenvalue weighted by atomic mass is 16.5. The Kier molecular flexibility index (Phi) is 9.39. The molecule has 0 spiro atoms. The topological polar surface area (TPSA) is 74.3 Å². The van der Waals surface area contributed by atoms with Crippen LogP contribution in [0.1, 0.15) is 13.8 Å². The molecule has 1 amide bonds. The fourth-order valence-corrected chi connectivity index (χ4v) is 2.16. The molecule has 7 heteroatoms. The van der Waals surface area contributed by atoms with Crippen LogP contribution in [0.25, 0.3) is 0 Å². The molecule has 0 heterocycles. The number of benzene rings is 1. The van der Waals surface area contributed by atoms with Crippen molar-refractivity contribution in [2.75, 3.05) is 47.1 Å². The number of carbonyl (C=O) groups excluding carboxylic acids is 2. The third-order valence-electron chi connectivity index (χ3n) is 3.51. The summed E-state index contributed by atoms with van der Waals surface area (Å²) in [4.78, 5) is 25.5. The minimum Gasteiger partial charge on any atom is -0.494 e. The summed E-state index contributed by atoms with van der Waals surface area (Å²) in [5.74, 6) is 0.319. The first kappa shape index (κ1) is 20.8. The number of nitrogens with zero attached hydrogens (tertiary/aromatic N) is 1. The lowest BCUT2D eigenvalue weighted by Gasteiger charge is -2.24. The van der Waals surface area contributed by atoms with Crippen molar-refractivity contribution >= 4 is 11.9 Å². The van der Waals surface area contributed by atoms with Crippen LogP contribution >= 0.6 is 0 Å². The second kappa shape index (κ2) is 11.3. The Morgan fingerprint density at radius 3 is 2.20 bits per heavy atom. The molecule has 25 heavy (non-hydrogen) atoms. The number of hydrogen-bond donors (Lipinski definition) is 0. The second-order valence-electron chi connectivity index (χ2n) is 5.45. The van der Waals surface area contributed by atoms with Gasteiger partial charge in [-0.2, -0.15) is 0 Å².